The van der Waals surface area contributed by atoms with Gasteiger partial charge in [0, 0.05) is 23.3 Å². The third-order valence-electron chi connectivity index (χ3n) is 5.76. The molecule has 12 heteroatoms. The van der Waals surface area contributed by atoms with Gasteiger partial charge in [-0.25, -0.2) is 9.79 Å². The first-order valence-electron chi connectivity index (χ1n) is 11.1. The molecule has 1 aromatic heterocycles. The van der Waals surface area contributed by atoms with E-state index in [1.165, 1.54) is 37.0 Å². The monoisotopic (exact) mass is 525 g/mol. The predicted octanol–water partition coefficient (Wildman–Crippen LogP) is 2.43. The number of fused-ring (bicyclic) bond motifs is 1. The lowest BCUT2D eigenvalue weighted by molar-refractivity contribution is -0.384. The van der Waals surface area contributed by atoms with Gasteiger partial charge >= 0.3 is 5.97 Å². The summed E-state index contributed by atoms with van der Waals surface area (Å²) < 4.78 is 17.7. The van der Waals surface area contributed by atoms with E-state index in [4.69, 9.17) is 14.2 Å². The van der Waals surface area contributed by atoms with E-state index >= 15 is 0 Å². The van der Waals surface area contributed by atoms with E-state index < -0.39 is 22.5 Å². The molecule has 0 bridgehead atoms. The molecule has 0 spiro atoms. The highest BCUT2D eigenvalue weighted by molar-refractivity contribution is 7.07. The zero-order valence-corrected chi connectivity index (χ0v) is 21.2. The standard InChI is InChI=1S/C25H23N3O8S/c1-5-36-24(31)21-13(2)26-25-27(22(21)17-12-16(34-3)7-9-19(17)35-4)23(30)20(37-25)11-14-10-15(28(32)33)6-8-18(14)29/h6-12,22,29H,5H2,1-4H3/b20-11-/t22-/m0/s1. The molecule has 0 amide bonds. The van der Waals surface area contributed by atoms with Crippen LogP contribution in [0.5, 0.6) is 17.2 Å². The number of benzene rings is 2. The minimum atomic E-state index is -0.957. The van der Waals surface area contributed by atoms with Crippen LogP contribution in [0.4, 0.5) is 5.69 Å². The summed E-state index contributed by atoms with van der Waals surface area (Å²) in [6.45, 7) is 3.44. The number of rotatable bonds is 7. The molecule has 37 heavy (non-hydrogen) atoms. The van der Waals surface area contributed by atoms with Crippen LogP contribution in [0.2, 0.25) is 0 Å². The molecule has 2 aromatic carbocycles. The molecule has 0 saturated heterocycles. The number of carbonyl (C=O) groups is 1. The molecule has 192 valence electrons. The van der Waals surface area contributed by atoms with E-state index in [9.17, 15) is 24.8 Å². The zero-order valence-electron chi connectivity index (χ0n) is 20.4. The van der Waals surface area contributed by atoms with Crippen LogP contribution in [-0.2, 0) is 9.53 Å². The fourth-order valence-corrected chi connectivity index (χ4v) is 5.09. The lowest BCUT2D eigenvalue weighted by atomic mass is 9.94. The normalized spacial score (nSPS) is 15.1. The summed E-state index contributed by atoms with van der Waals surface area (Å²) in [5.41, 5.74) is 0.335. The Morgan fingerprint density at radius 1 is 1.24 bits per heavy atom. The SMILES string of the molecule is CCOC(=O)C1=C(C)N=c2s/c(=C\c3cc([N+](=O)[O-])ccc3O)c(=O)n2[C@H]1c1cc(OC)ccc1OC. The van der Waals surface area contributed by atoms with Crippen LogP contribution in [0.3, 0.4) is 0 Å². The topological polar surface area (TPSA) is 142 Å². The second-order valence-electron chi connectivity index (χ2n) is 7.91. The molecule has 1 aliphatic rings. The van der Waals surface area contributed by atoms with Crippen LogP contribution < -0.4 is 24.4 Å². The summed E-state index contributed by atoms with van der Waals surface area (Å²) in [7, 11) is 2.97. The van der Waals surface area contributed by atoms with Gasteiger partial charge in [0.1, 0.15) is 23.3 Å². The van der Waals surface area contributed by atoms with Gasteiger partial charge in [-0.05, 0) is 44.2 Å². The number of thiazole rings is 1. The second kappa shape index (κ2) is 10.3. The van der Waals surface area contributed by atoms with E-state index in [1.807, 2.05) is 0 Å². The van der Waals surface area contributed by atoms with Gasteiger partial charge in [0.15, 0.2) is 4.80 Å². The van der Waals surface area contributed by atoms with Gasteiger partial charge in [0.05, 0.1) is 41.6 Å². The molecule has 1 atom stereocenters. The van der Waals surface area contributed by atoms with Crippen LogP contribution in [0.15, 0.2) is 57.5 Å². The molecule has 0 fully saturated rings. The van der Waals surface area contributed by atoms with Crippen molar-refractivity contribution in [3.63, 3.8) is 0 Å². The molecule has 4 rings (SSSR count). The third-order valence-corrected chi connectivity index (χ3v) is 6.74. The Balaban J connectivity index is 2.02. The summed E-state index contributed by atoms with van der Waals surface area (Å²) in [4.78, 5) is 42.2. The Bertz CT molecular complexity index is 1620. The number of allylic oxidation sites excluding steroid dienone is 1. The Labute approximate surface area is 214 Å². The summed E-state index contributed by atoms with van der Waals surface area (Å²) in [5.74, 6) is 0.0283. The van der Waals surface area contributed by atoms with Crippen LogP contribution in [0, 0.1) is 10.1 Å². The summed E-state index contributed by atoms with van der Waals surface area (Å²) in [6, 6.07) is 7.60. The third kappa shape index (κ3) is 4.70. The molecular weight excluding hydrogens is 502 g/mol. The molecule has 0 unspecified atom stereocenters. The first kappa shape index (κ1) is 25.6. The molecule has 0 aliphatic carbocycles. The molecular formula is C25H23N3O8S. The summed E-state index contributed by atoms with van der Waals surface area (Å²) >= 11 is 1.02. The quantitative estimate of drug-likeness (QED) is 0.282. The van der Waals surface area contributed by atoms with Gasteiger partial charge in [0.25, 0.3) is 11.2 Å². The van der Waals surface area contributed by atoms with E-state index in [2.05, 4.69) is 4.99 Å². The smallest absolute Gasteiger partial charge is 0.338 e. The highest BCUT2D eigenvalue weighted by atomic mass is 32.1. The average molecular weight is 526 g/mol. The zero-order chi connectivity index (χ0) is 26.9. The number of non-ortho nitro benzene ring substituents is 1. The van der Waals surface area contributed by atoms with Crippen LogP contribution in [-0.4, -0.2) is 41.4 Å². The van der Waals surface area contributed by atoms with Gasteiger partial charge in [-0.3, -0.25) is 19.5 Å². The lowest BCUT2D eigenvalue weighted by Gasteiger charge is -2.26. The predicted molar refractivity (Wildman–Crippen MR) is 135 cm³/mol. The molecule has 1 N–H and O–H groups in total. The maximum Gasteiger partial charge on any atom is 0.338 e. The van der Waals surface area contributed by atoms with Crippen LogP contribution in [0.25, 0.3) is 6.08 Å². The van der Waals surface area contributed by atoms with Crippen LogP contribution >= 0.6 is 11.3 Å². The number of ether oxygens (including phenoxy) is 3. The fraction of sp³-hybridized carbons (Fsp3) is 0.240. The number of nitrogens with zero attached hydrogens (tertiary/aromatic N) is 3. The largest absolute Gasteiger partial charge is 0.507 e. The molecule has 1 aliphatic heterocycles. The highest BCUT2D eigenvalue weighted by Gasteiger charge is 2.35. The molecule has 3 aromatic rings. The van der Waals surface area contributed by atoms with Crippen molar-refractivity contribution in [2.45, 2.75) is 19.9 Å². The van der Waals surface area contributed by atoms with Crippen molar-refractivity contribution in [2.24, 2.45) is 4.99 Å². The number of nitro groups is 1. The number of esters is 1. The Hall–Kier alpha value is -4.45. The van der Waals surface area contributed by atoms with Crippen molar-refractivity contribution in [3.8, 4) is 17.2 Å². The number of methoxy groups -OCH3 is 2. The second-order valence-corrected chi connectivity index (χ2v) is 8.92. The van der Waals surface area contributed by atoms with E-state index in [0.717, 1.165) is 17.4 Å². The minimum Gasteiger partial charge on any atom is -0.507 e. The molecule has 0 saturated carbocycles. The van der Waals surface area contributed by atoms with Crippen molar-refractivity contribution >= 4 is 29.1 Å². The number of nitro benzene ring substituents is 1. The number of hydrogen-bond acceptors (Lipinski definition) is 10. The number of aromatic nitrogens is 1. The first-order chi connectivity index (χ1) is 17.7. The van der Waals surface area contributed by atoms with Crippen molar-refractivity contribution < 1.29 is 29.0 Å². The van der Waals surface area contributed by atoms with Gasteiger partial charge in [-0.1, -0.05) is 11.3 Å². The van der Waals surface area contributed by atoms with Crippen molar-refractivity contribution in [1.29, 1.82) is 0 Å². The van der Waals surface area contributed by atoms with E-state index in [0.29, 0.717) is 27.6 Å². The first-order valence-corrected chi connectivity index (χ1v) is 11.9. The number of phenolic OH excluding ortho intramolecular Hbond substituents is 1. The Morgan fingerprint density at radius 2 is 2.00 bits per heavy atom. The fourth-order valence-electron chi connectivity index (χ4n) is 4.05. The number of aromatic hydroxyl groups is 1. The van der Waals surface area contributed by atoms with E-state index in [1.54, 1.807) is 32.0 Å². The van der Waals surface area contributed by atoms with Gasteiger partial charge in [-0.2, -0.15) is 0 Å². The van der Waals surface area contributed by atoms with Gasteiger partial charge < -0.3 is 19.3 Å². The number of phenols is 1. The van der Waals surface area contributed by atoms with Crippen molar-refractivity contribution in [3.05, 3.63) is 88.6 Å². The van der Waals surface area contributed by atoms with Gasteiger partial charge in [0.2, 0.25) is 0 Å². The average Bonchev–Trinajstić information content (AvgIpc) is 3.18. The Kier molecular flexibility index (Phi) is 7.11. The molecule has 11 nitrogen and oxygen atoms in total. The lowest BCUT2D eigenvalue weighted by Crippen LogP contribution is -2.40. The number of hydrogen-bond donors (Lipinski definition) is 1. The maximum absolute atomic E-state index is 13.7. The van der Waals surface area contributed by atoms with Crippen LogP contribution in [0.1, 0.15) is 31.0 Å². The molecule has 2 heterocycles. The molecule has 0 radical (unpaired) electrons. The van der Waals surface area contributed by atoms with Crippen molar-refractivity contribution in [1.82, 2.24) is 4.57 Å². The highest BCUT2D eigenvalue weighted by Crippen LogP contribution is 2.37. The Morgan fingerprint density at radius 3 is 2.65 bits per heavy atom. The maximum atomic E-state index is 13.7. The minimum absolute atomic E-state index is 0.0938. The van der Waals surface area contributed by atoms with Gasteiger partial charge in [-0.15, -0.1) is 0 Å². The summed E-state index contributed by atoms with van der Waals surface area (Å²) in [6.07, 6.45) is 1.36. The number of carbonyl (C=O) groups excluding carboxylic acids is 1. The summed E-state index contributed by atoms with van der Waals surface area (Å²) in [5, 5.41) is 21.5. The van der Waals surface area contributed by atoms with E-state index in [-0.39, 0.29) is 33.7 Å². The van der Waals surface area contributed by atoms with Crippen molar-refractivity contribution in [2.75, 3.05) is 20.8 Å².